The third kappa shape index (κ3) is 3.17. The quantitative estimate of drug-likeness (QED) is 0.820. The summed E-state index contributed by atoms with van der Waals surface area (Å²) in [5, 5.41) is 14.8. The summed E-state index contributed by atoms with van der Waals surface area (Å²) in [5.41, 5.74) is 0.780. The summed E-state index contributed by atoms with van der Waals surface area (Å²) in [4.78, 5) is 13.0. The summed E-state index contributed by atoms with van der Waals surface area (Å²) in [6.07, 6.45) is 4.45. The van der Waals surface area contributed by atoms with Gasteiger partial charge in [-0.2, -0.15) is 0 Å². The van der Waals surface area contributed by atoms with Crippen molar-refractivity contribution in [1.82, 2.24) is 0 Å². The first-order valence-electron chi connectivity index (χ1n) is 8.54. The van der Waals surface area contributed by atoms with Gasteiger partial charge in [-0.1, -0.05) is 25.1 Å². The molecule has 0 bridgehead atoms. The van der Waals surface area contributed by atoms with Crippen LogP contribution in [0.1, 0.15) is 32.6 Å². The van der Waals surface area contributed by atoms with E-state index in [0.717, 1.165) is 55.4 Å². The number of likely N-dealkylation sites (tertiary alicyclic amines) is 1. The van der Waals surface area contributed by atoms with E-state index in [2.05, 4.69) is 12.2 Å². The van der Waals surface area contributed by atoms with E-state index in [0.29, 0.717) is 4.48 Å². The number of urea groups is 1. The maximum Gasteiger partial charge on any atom is 0.421 e. The highest BCUT2D eigenvalue weighted by molar-refractivity contribution is 6.00. The zero-order valence-corrected chi connectivity index (χ0v) is 13.7. The number of hydrogen-bond acceptors (Lipinski definition) is 2. The van der Waals surface area contributed by atoms with Gasteiger partial charge in [0.05, 0.1) is 25.3 Å². The van der Waals surface area contributed by atoms with Crippen molar-refractivity contribution in [3.05, 3.63) is 36.4 Å². The van der Waals surface area contributed by atoms with Crippen LogP contribution >= 0.6 is 0 Å². The van der Waals surface area contributed by atoms with Gasteiger partial charge in [-0.25, -0.2) is 9.28 Å². The van der Waals surface area contributed by atoms with Gasteiger partial charge in [0.2, 0.25) is 0 Å². The molecule has 0 spiro atoms. The van der Waals surface area contributed by atoms with Crippen molar-refractivity contribution >= 4 is 22.5 Å². The lowest BCUT2D eigenvalue weighted by molar-refractivity contribution is -0.853. The fourth-order valence-corrected chi connectivity index (χ4v) is 3.68. The van der Waals surface area contributed by atoms with Gasteiger partial charge < -0.3 is 5.11 Å². The van der Waals surface area contributed by atoms with Crippen LogP contribution in [0.3, 0.4) is 0 Å². The highest BCUT2D eigenvalue weighted by Gasteiger charge is 2.37. The van der Waals surface area contributed by atoms with Crippen molar-refractivity contribution in [3.8, 4) is 5.75 Å². The van der Waals surface area contributed by atoms with Crippen molar-refractivity contribution in [1.29, 1.82) is 0 Å². The number of anilines is 1. The van der Waals surface area contributed by atoms with E-state index in [1.54, 1.807) is 12.1 Å². The number of rotatable bonds is 3. The molecule has 4 heteroatoms. The van der Waals surface area contributed by atoms with Crippen molar-refractivity contribution in [2.24, 2.45) is 0 Å². The van der Waals surface area contributed by atoms with Crippen LogP contribution < -0.4 is 5.32 Å². The first-order chi connectivity index (χ1) is 11.1. The minimum Gasteiger partial charge on any atom is -0.508 e. The summed E-state index contributed by atoms with van der Waals surface area (Å²) >= 11 is 0. The summed E-state index contributed by atoms with van der Waals surface area (Å²) in [5.74, 6) is 0.217. The molecule has 1 saturated heterocycles. The lowest BCUT2D eigenvalue weighted by Gasteiger charge is -2.38. The number of quaternary nitrogens is 1. The Morgan fingerprint density at radius 1 is 1.17 bits per heavy atom. The molecule has 1 fully saturated rings. The van der Waals surface area contributed by atoms with Gasteiger partial charge in [0.25, 0.3) is 0 Å². The van der Waals surface area contributed by atoms with Gasteiger partial charge in [-0.05, 0) is 49.3 Å². The lowest BCUT2D eigenvalue weighted by Crippen LogP contribution is -2.58. The number of benzene rings is 2. The lowest BCUT2D eigenvalue weighted by atomic mass is 10.1. The molecule has 0 unspecified atom stereocenters. The van der Waals surface area contributed by atoms with Gasteiger partial charge in [-0.15, -0.1) is 0 Å². The number of fused-ring (bicyclic) bond motifs is 1. The van der Waals surface area contributed by atoms with E-state index in [4.69, 9.17) is 0 Å². The molecule has 0 saturated carbocycles. The molecule has 0 radical (unpaired) electrons. The van der Waals surface area contributed by atoms with E-state index in [1.807, 2.05) is 24.3 Å². The smallest absolute Gasteiger partial charge is 0.421 e. The highest BCUT2D eigenvalue weighted by atomic mass is 16.3. The Kier molecular flexibility index (Phi) is 4.53. The van der Waals surface area contributed by atoms with E-state index >= 15 is 0 Å². The van der Waals surface area contributed by atoms with Crippen molar-refractivity contribution in [2.45, 2.75) is 32.6 Å². The molecule has 1 aliphatic rings. The van der Waals surface area contributed by atoms with Crippen LogP contribution in [0.5, 0.6) is 5.75 Å². The Morgan fingerprint density at radius 3 is 2.70 bits per heavy atom. The number of hydrogen-bond donors (Lipinski definition) is 2. The summed E-state index contributed by atoms with van der Waals surface area (Å²) < 4.78 is 0.533. The zero-order chi connectivity index (χ0) is 16.3. The molecule has 3 rings (SSSR count). The average molecular weight is 313 g/mol. The van der Waals surface area contributed by atoms with Crippen LogP contribution in [-0.4, -0.2) is 35.3 Å². The summed E-state index contributed by atoms with van der Waals surface area (Å²) in [6.45, 7) is 4.88. The molecular weight excluding hydrogens is 288 g/mol. The van der Waals surface area contributed by atoms with Crippen molar-refractivity contribution < 1.29 is 14.4 Å². The van der Waals surface area contributed by atoms with E-state index in [1.165, 1.54) is 6.42 Å². The molecule has 2 aromatic rings. The molecular formula is C19H25N2O2+. The molecule has 2 aromatic carbocycles. The van der Waals surface area contributed by atoms with E-state index in [-0.39, 0.29) is 11.8 Å². The monoisotopic (exact) mass is 313 g/mol. The number of phenols is 1. The normalized spacial score (nSPS) is 17.1. The van der Waals surface area contributed by atoms with Crippen LogP contribution in [0.4, 0.5) is 10.5 Å². The number of aromatic hydroxyl groups is 1. The van der Waals surface area contributed by atoms with Gasteiger partial charge in [0.15, 0.2) is 0 Å². The molecule has 122 valence electrons. The minimum atomic E-state index is 0.0855. The molecule has 0 aromatic heterocycles. The summed E-state index contributed by atoms with van der Waals surface area (Å²) in [7, 11) is 0. The van der Waals surface area contributed by atoms with Crippen molar-refractivity contribution in [2.75, 3.05) is 25.0 Å². The Morgan fingerprint density at radius 2 is 1.96 bits per heavy atom. The number of carbonyl (C=O) groups is 1. The number of amides is 2. The largest absolute Gasteiger partial charge is 0.508 e. The topological polar surface area (TPSA) is 49.3 Å². The predicted octanol–water partition coefficient (Wildman–Crippen LogP) is 4.49. The fraction of sp³-hybridized carbons (Fsp3) is 0.421. The standard InChI is InChI=1S/C19H24N2O2/c1-2-11-21(12-4-3-5-13-21)19(23)20-18-8-6-7-15-9-10-16(22)14-17(15)18/h6-10,14H,2-5,11-13H2,1H3,(H-,20,22,23)/p+1. The molecule has 0 atom stereocenters. The second-order valence-electron chi connectivity index (χ2n) is 6.52. The van der Waals surface area contributed by atoms with Gasteiger partial charge in [0, 0.05) is 5.39 Å². The SMILES string of the molecule is CCC[N+]1(C(=O)Nc2cccc3ccc(O)cc23)CCCCC1. The first-order valence-corrected chi connectivity index (χ1v) is 8.54. The van der Waals surface area contributed by atoms with Crippen LogP contribution in [-0.2, 0) is 0 Å². The first kappa shape index (κ1) is 15.8. The molecule has 4 nitrogen and oxygen atoms in total. The molecule has 0 aliphatic carbocycles. The molecule has 2 amide bonds. The molecule has 1 aliphatic heterocycles. The minimum absolute atomic E-state index is 0.0855. The molecule has 1 heterocycles. The third-order valence-electron chi connectivity index (χ3n) is 4.86. The van der Waals surface area contributed by atoms with Gasteiger partial charge in [-0.3, -0.25) is 5.32 Å². The maximum absolute atomic E-state index is 13.0. The fourth-order valence-electron chi connectivity index (χ4n) is 3.68. The average Bonchev–Trinajstić information content (AvgIpc) is 2.56. The summed E-state index contributed by atoms with van der Waals surface area (Å²) in [6, 6.07) is 11.2. The number of nitrogens with one attached hydrogen (secondary N) is 1. The van der Waals surface area contributed by atoms with Crippen molar-refractivity contribution in [3.63, 3.8) is 0 Å². The second kappa shape index (κ2) is 6.59. The molecule has 23 heavy (non-hydrogen) atoms. The van der Waals surface area contributed by atoms with Crippen LogP contribution in [0.15, 0.2) is 36.4 Å². The zero-order valence-electron chi connectivity index (χ0n) is 13.7. The Hall–Kier alpha value is -2.07. The number of carbonyl (C=O) groups excluding carboxylic acids is 1. The number of phenolic OH excluding ortho intramolecular Hbond substituents is 1. The Labute approximate surface area is 137 Å². The third-order valence-corrected chi connectivity index (χ3v) is 4.86. The second-order valence-corrected chi connectivity index (χ2v) is 6.52. The highest BCUT2D eigenvalue weighted by Crippen LogP contribution is 2.29. The van der Waals surface area contributed by atoms with Crippen LogP contribution in [0.25, 0.3) is 10.8 Å². The van der Waals surface area contributed by atoms with Crippen LogP contribution in [0.2, 0.25) is 0 Å². The molecule has 2 N–H and O–H groups in total. The van der Waals surface area contributed by atoms with E-state index < -0.39 is 0 Å². The Bertz CT molecular complexity index is 700. The van der Waals surface area contributed by atoms with E-state index in [9.17, 15) is 9.90 Å². The van der Waals surface area contributed by atoms with Gasteiger partial charge in [0.1, 0.15) is 5.75 Å². The van der Waals surface area contributed by atoms with Crippen LogP contribution in [0, 0.1) is 0 Å². The number of nitrogens with zero attached hydrogens (tertiary/aromatic N) is 1. The van der Waals surface area contributed by atoms with Gasteiger partial charge >= 0.3 is 6.03 Å². The number of piperidine rings is 1. The predicted molar refractivity (Wildman–Crippen MR) is 93.6 cm³/mol. The maximum atomic E-state index is 13.0. The Balaban J connectivity index is 1.91.